The lowest BCUT2D eigenvalue weighted by Gasteiger charge is -2.35. The van der Waals surface area contributed by atoms with E-state index >= 15 is 0 Å². The highest BCUT2D eigenvalue weighted by Gasteiger charge is 2.45. The van der Waals surface area contributed by atoms with E-state index in [4.69, 9.17) is 5.26 Å². The SMILES string of the molecule is N#Cc1ccc(C2(O)CC3CCC(C2)S3)nc1. The molecule has 0 saturated carbocycles. The molecule has 0 aromatic carbocycles. The van der Waals surface area contributed by atoms with Crippen LogP contribution < -0.4 is 0 Å². The van der Waals surface area contributed by atoms with Crippen LogP contribution in [0.4, 0.5) is 0 Å². The molecule has 2 fully saturated rings. The van der Waals surface area contributed by atoms with E-state index < -0.39 is 5.60 Å². The summed E-state index contributed by atoms with van der Waals surface area (Å²) in [6.45, 7) is 0. The molecule has 17 heavy (non-hydrogen) atoms. The molecular formula is C13H14N2OS. The third kappa shape index (κ3) is 1.94. The fourth-order valence-corrected chi connectivity index (χ4v) is 4.69. The summed E-state index contributed by atoms with van der Waals surface area (Å²) in [5.41, 5.74) is 0.504. The summed E-state index contributed by atoms with van der Waals surface area (Å²) < 4.78 is 0. The van der Waals surface area contributed by atoms with Crippen LogP contribution >= 0.6 is 11.8 Å². The standard InChI is InChI=1S/C13H14N2OS/c14-7-9-1-4-12(15-8-9)13(16)5-10-2-3-11(6-13)17-10/h1,4,8,10-11,16H,2-3,5-6H2. The molecule has 2 atom stereocenters. The smallest absolute Gasteiger partial charge is 0.109 e. The molecule has 88 valence electrons. The number of fused-ring (bicyclic) bond motifs is 2. The second kappa shape index (κ2) is 4.01. The van der Waals surface area contributed by atoms with Gasteiger partial charge in [-0.1, -0.05) is 0 Å². The van der Waals surface area contributed by atoms with E-state index in [1.807, 2.05) is 11.8 Å². The third-order valence-corrected chi connectivity index (χ3v) is 5.27. The predicted molar refractivity (Wildman–Crippen MR) is 66.5 cm³/mol. The van der Waals surface area contributed by atoms with Crippen molar-refractivity contribution in [1.29, 1.82) is 5.26 Å². The Morgan fingerprint density at radius 1 is 1.35 bits per heavy atom. The van der Waals surface area contributed by atoms with Gasteiger partial charge in [0.1, 0.15) is 11.7 Å². The van der Waals surface area contributed by atoms with Crippen molar-refractivity contribution < 1.29 is 5.11 Å². The summed E-state index contributed by atoms with van der Waals surface area (Å²) in [4.78, 5) is 4.26. The van der Waals surface area contributed by atoms with Gasteiger partial charge in [0, 0.05) is 16.7 Å². The van der Waals surface area contributed by atoms with Crippen molar-refractivity contribution in [1.82, 2.24) is 4.98 Å². The molecule has 0 aliphatic carbocycles. The summed E-state index contributed by atoms with van der Waals surface area (Å²) in [5.74, 6) is 0. The Kier molecular flexibility index (Phi) is 2.61. The lowest BCUT2D eigenvalue weighted by molar-refractivity contribution is 0.0153. The minimum atomic E-state index is -0.773. The van der Waals surface area contributed by atoms with Crippen LogP contribution in [0.25, 0.3) is 0 Å². The van der Waals surface area contributed by atoms with Crippen LogP contribution in [0.5, 0.6) is 0 Å². The zero-order chi connectivity index (χ0) is 11.9. The van der Waals surface area contributed by atoms with Gasteiger partial charge in [-0.2, -0.15) is 17.0 Å². The van der Waals surface area contributed by atoms with Crippen molar-refractivity contribution in [3.8, 4) is 6.07 Å². The number of rotatable bonds is 1. The Morgan fingerprint density at radius 2 is 2.06 bits per heavy atom. The minimum Gasteiger partial charge on any atom is -0.383 e. The van der Waals surface area contributed by atoms with Gasteiger partial charge in [0.15, 0.2) is 0 Å². The molecule has 4 heteroatoms. The summed E-state index contributed by atoms with van der Waals surface area (Å²) in [6, 6.07) is 5.59. The summed E-state index contributed by atoms with van der Waals surface area (Å²) in [6.07, 6.45) is 5.58. The molecule has 1 aromatic rings. The molecule has 3 nitrogen and oxygen atoms in total. The average Bonchev–Trinajstić information content (AvgIpc) is 2.69. The molecule has 2 aliphatic heterocycles. The molecule has 2 unspecified atom stereocenters. The van der Waals surface area contributed by atoms with Crippen LogP contribution in [0.3, 0.4) is 0 Å². The van der Waals surface area contributed by atoms with E-state index in [9.17, 15) is 5.11 Å². The number of thioether (sulfide) groups is 1. The zero-order valence-corrected chi connectivity index (χ0v) is 10.3. The molecule has 3 rings (SSSR count). The first kappa shape index (κ1) is 11.1. The molecular weight excluding hydrogens is 232 g/mol. The van der Waals surface area contributed by atoms with Crippen LogP contribution in [0.2, 0.25) is 0 Å². The van der Waals surface area contributed by atoms with Gasteiger partial charge in [-0.15, -0.1) is 0 Å². The summed E-state index contributed by atoms with van der Waals surface area (Å²) >= 11 is 2.02. The molecule has 2 aliphatic rings. The van der Waals surface area contributed by atoms with Crippen LogP contribution in [0.1, 0.15) is 36.9 Å². The number of nitrogens with zero attached hydrogens (tertiary/aromatic N) is 2. The van der Waals surface area contributed by atoms with Crippen LogP contribution in [0.15, 0.2) is 18.3 Å². The van der Waals surface area contributed by atoms with Gasteiger partial charge in [0.25, 0.3) is 0 Å². The molecule has 0 radical (unpaired) electrons. The molecule has 2 saturated heterocycles. The van der Waals surface area contributed by atoms with Gasteiger partial charge in [-0.05, 0) is 37.8 Å². The van der Waals surface area contributed by atoms with Crippen LogP contribution in [-0.4, -0.2) is 20.6 Å². The minimum absolute atomic E-state index is 0.547. The number of aromatic nitrogens is 1. The molecule has 1 N–H and O–H groups in total. The quantitative estimate of drug-likeness (QED) is 0.825. The second-order valence-corrected chi connectivity index (χ2v) is 6.55. The van der Waals surface area contributed by atoms with Gasteiger partial charge in [-0.25, -0.2) is 0 Å². The molecule has 0 spiro atoms. The Bertz CT molecular complexity index is 453. The van der Waals surface area contributed by atoms with E-state index in [-0.39, 0.29) is 0 Å². The van der Waals surface area contributed by atoms with Crippen molar-refractivity contribution >= 4 is 11.8 Å². The lowest BCUT2D eigenvalue weighted by Crippen LogP contribution is -2.35. The Hall–Kier alpha value is -1.05. The Morgan fingerprint density at radius 3 is 2.59 bits per heavy atom. The highest BCUT2D eigenvalue weighted by molar-refractivity contribution is 8.00. The number of pyridine rings is 1. The zero-order valence-electron chi connectivity index (χ0n) is 9.47. The molecule has 0 amide bonds. The molecule has 2 bridgehead atoms. The first-order chi connectivity index (χ1) is 8.19. The van der Waals surface area contributed by atoms with E-state index in [0.717, 1.165) is 18.5 Å². The highest BCUT2D eigenvalue weighted by atomic mass is 32.2. The van der Waals surface area contributed by atoms with Crippen molar-refractivity contribution in [3.05, 3.63) is 29.6 Å². The van der Waals surface area contributed by atoms with E-state index in [0.29, 0.717) is 16.1 Å². The van der Waals surface area contributed by atoms with Gasteiger partial charge in [0.2, 0.25) is 0 Å². The first-order valence-corrected chi connectivity index (χ1v) is 6.88. The van der Waals surface area contributed by atoms with Gasteiger partial charge >= 0.3 is 0 Å². The van der Waals surface area contributed by atoms with Crippen molar-refractivity contribution in [2.24, 2.45) is 0 Å². The summed E-state index contributed by atoms with van der Waals surface area (Å²) in [5, 5.41) is 20.6. The van der Waals surface area contributed by atoms with Gasteiger partial charge in [0.05, 0.1) is 11.3 Å². The summed E-state index contributed by atoms with van der Waals surface area (Å²) in [7, 11) is 0. The third-order valence-electron chi connectivity index (χ3n) is 3.70. The van der Waals surface area contributed by atoms with Crippen LogP contribution in [0, 0.1) is 11.3 Å². The monoisotopic (exact) mass is 246 g/mol. The maximum atomic E-state index is 10.7. The maximum Gasteiger partial charge on any atom is 0.109 e. The average molecular weight is 246 g/mol. The Balaban J connectivity index is 1.89. The van der Waals surface area contributed by atoms with E-state index in [2.05, 4.69) is 11.1 Å². The van der Waals surface area contributed by atoms with Crippen molar-refractivity contribution in [2.45, 2.75) is 41.8 Å². The van der Waals surface area contributed by atoms with Gasteiger partial charge < -0.3 is 5.11 Å². The number of nitriles is 1. The molecule has 1 aromatic heterocycles. The maximum absolute atomic E-state index is 10.7. The van der Waals surface area contributed by atoms with E-state index in [1.54, 1.807) is 18.3 Å². The predicted octanol–water partition coefficient (Wildman–Crippen LogP) is 2.20. The lowest BCUT2D eigenvalue weighted by atomic mass is 9.89. The van der Waals surface area contributed by atoms with Crippen molar-refractivity contribution in [3.63, 3.8) is 0 Å². The number of hydrogen-bond acceptors (Lipinski definition) is 4. The topological polar surface area (TPSA) is 56.9 Å². The van der Waals surface area contributed by atoms with Gasteiger partial charge in [-0.3, -0.25) is 4.98 Å². The largest absolute Gasteiger partial charge is 0.383 e. The van der Waals surface area contributed by atoms with Crippen molar-refractivity contribution in [2.75, 3.05) is 0 Å². The highest BCUT2D eigenvalue weighted by Crippen LogP contribution is 2.50. The van der Waals surface area contributed by atoms with Crippen LogP contribution in [-0.2, 0) is 5.60 Å². The fraction of sp³-hybridized carbons (Fsp3) is 0.538. The van der Waals surface area contributed by atoms with E-state index in [1.165, 1.54) is 12.8 Å². The first-order valence-electron chi connectivity index (χ1n) is 5.94. The molecule has 3 heterocycles. The normalized spacial score (nSPS) is 35.5. The number of hydrogen-bond donors (Lipinski definition) is 1. The number of aliphatic hydroxyl groups is 1. The second-order valence-electron chi connectivity index (χ2n) is 4.94. The Labute approximate surface area is 105 Å². The fourth-order valence-electron chi connectivity index (χ4n) is 2.86.